The number of amides is 2. The zero-order valence-electron chi connectivity index (χ0n) is 10.8. The molecule has 2 amide bonds. The van der Waals surface area contributed by atoms with Crippen molar-refractivity contribution in [2.75, 3.05) is 20.6 Å². The minimum absolute atomic E-state index is 0.194. The zero-order chi connectivity index (χ0) is 13.4. The van der Waals surface area contributed by atoms with Crippen LogP contribution in [0.4, 0.5) is 4.79 Å². The second-order valence-electron chi connectivity index (χ2n) is 4.06. The van der Waals surface area contributed by atoms with Gasteiger partial charge in [-0.25, -0.2) is 4.79 Å². The fraction of sp³-hybridized carbons (Fsp3) is 0.417. The number of carbonyl (C=O) groups excluding carboxylic acids is 1. The molecular formula is C12H19N5O. The summed E-state index contributed by atoms with van der Waals surface area (Å²) in [5.74, 6) is 0.194. The molecule has 0 spiro atoms. The Labute approximate surface area is 107 Å². The predicted molar refractivity (Wildman–Crippen MR) is 71.3 cm³/mol. The molecule has 0 aliphatic heterocycles. The molecule has 1 aromatic rings. The average Bonchev–Trinajstić information content (AvgIpc) is 2.35. The Kier molecular flexibility index (Phi) is 5.63. The number of nitrogens with one attached hydrogen (secondary N) is 1. The zero-order valence-corrected chi connectivity index (χ0v) is 10.8. The first kappa shape index (κ1) is 14.0. The molecule has 98 valence electrons. The summed E-state index contributed by atoms with van der Waals surface area (Å²) >= 11 is 0. The van der Waals surface area contributed by atoms with E-state index in [-0.39, 0.29) is 5.96 Å². The maximum Gasteiger partial charge on any atom is 0.344 e. The van der Waals surface area contributed by atoms with Gasteiger partial charge in [0, 0.05) is 33.0 Å². The second-order valence-corrected chi connectivity index (χ2v) is 4.06. The third-order valence-corrected chi connectivity index (χ3v) is 2.32. The van der Waals surface area contributed by atoms with E-state index in [1.807, 2.05) is 18.3 Å². The van der Waals surface area contributed by atoms with Crippen molar-refractivity contribution in [2.45, 2.75) is 12.8 Å². The van der Waals surface area contributed by atoms with Crippen molar-refractivity contribution in [3.05, 3.63) is 30.1 Å². The average molecular weight is 249 g/mol. The number of aromatic nitrogens is 1. The molecule has 0 fully saturated rings. The number of urea groups is 1. The molecule has 0 radical (unpaired) electrons. The Balaban J connectivity index is 2.22. The first-order valence-electron chi connectivity index (χ1n) is 5.78. The van der Waals surface area contributed by atoms with Crippen LogP contribution in [0.1, 0.15) is 12.0 Å². The van der Waals surface area contributed by atoms with Crippen LogP contribution in [0.25, 0.3) is 0 Å². The number of guanidine groups is 1. The number of aryl methyl sites for hydroxylation is 1. The van der Waals surface area contributed by atoms with Crippen LogP contribution in [0, 0.1) is 0 Å². The smallest absolute Gasteiger partial charge is 0.344 e. The Morgan fingerprint density at radius 3 is 2.94 bits per heavy atom. The molecule has 0 saturated carbocycles. The van der Waals surface area contributed by atoms with Gasteiger partial charge in [0.15, 0.2) is 5.96 Å². The molecule has 18 heavy (non-hydrogen) atoms. The molecule has 0 aliphatic rings. The number of hydrogen-bond donors (Lipinski definition) is 2. The molecule has 1 aromatic heterocycles. The normalized spacial score (nSPS) is 11.1. The summed E-state index contributed by atoms with van der Waals surface area (Å²) in [6.07, 6.45) is 5.28. The van der Waals surface area contributed by atoms with E-state index in [0.717, 1.165) is 18.4 Å². The van der Waals surface area contributed by atoms with E-state index in [0.29, 0.717) is 6.54 Å². The molecular weight excluding hydrogens is 230 g/mol. The molecule has 0 bridgehead atoms. The summed E-state index contributed by atoms with van der Waals surface area (Å²) < 4.78 is 0. The molecule has 0 aromatic carbocycles. The van der Waals surface area contributed by atoms with Gasteiger partial charge in [-0.15, -0.1) is 0 Å². The lowest BCUT2D eigenvalue weighted by Gasteiger charge is -2.09. The van der Waals surface area contributed by atoms with Crippen molar-refractivity contribution in [3.63, 3.8) is 0 Å². The number of carbonyl (C=O) groups is 1. The second kappa shape index (κ2) is 7.26. The molecule has 1 rings (SSSR count). The topological polar surface area (TPSA) is 83.6 Å². The standard InChI is InChI=1S/C12H19N5O/c1-17(2)11(13)16-12(18)15-8-4-6-10-5-3-7-14-9-10/h3,5,7,9H,4,6,8H2,1-2H3,(H3,13,15,16,18). The summed E-state index contributed by atoms with van der Waals surface area (Å²) in [4.78, 5) is 20.6. The first-order valence-corrected chi connectivity index (χ1v) is 5.78. The van der Waals surface area contributed by atoms with Crippen LogP contribution >= 0.6 is 0 Å². The summed E-state index contributed by atoms with van der Waals surface area (Å²) in [7, 11) is 3.46. The van der Waals surface area contributed by atoms with Crippen molar-refractivity contribution in [3.8, 4) is 0 Å². The van der Waals surface area contributed by atoms with Crippen molar-refractivity contribution in [2.24, 2.45) is 10.7 Å². The Morgan fingerprint density at radius 2 is 2.33 bits per heavy atom. The molecule has 1 heterocycles. The number of nitrogens with zero attached hydrogens (tertiary/aromatic N) is 3. The van der Waals surface area contributed by atoms with Gasteiger partial charge >= 0.3 is 6.03 Å². The lowest BCUT2D eigenvalue weighted by atomic mass is 10.1. The van der Waals surface area contributed by atoms with Crippen LogP contribution in [0.3, 0.4) is 0 Å². The van der Waals surface area contributed by atoms with Gasteiger partial charge in [-0.05, 0) is 24.5 Å². The van der Waals surface area contributed by atoms with Gasteiger partial charge in [0.1, 0.15) is 0 Å². The van der Waals surface area contributed by atoms with Crippen LogP contribution in [0.15, 0.2) is 29.5 Å². The Bertz CT molecular complexity index is 402. The summed E-state index contributed by atoms with van der Waals surface area (Å²) in [5.41, 5.74) is 6.68. The predicted octanol–water partition coefficient (Wildman–Crippen LogP) is 0.600. The molecule has 3 N–H and O–H groups in total. The number of pyridine rings is 1. The van der Waals surface area contributed by atoms with Crippen LogP contribution < -0.4 is 11.1 Å². The number of hydrogen-bond acceptors (Lipinski definition) is 2. The third-order valence-electron chi connectivity index (χ3n) is 2.32. The highest BCUT2D eigenvalue weighted by molar-refractivity contribution is 5.91. The van der Waals surface area contributed by atoms with Crippen molar-refractivity contribution in [1.82, 2.24) is 15.2 Å². The highest BCUT2D eigenvalue weighted by Gasteiger charge is 2.01. The lowest BCUT2D eigenvalue weighted by Crippen LogP contribution is -2.33. The van der Waals surface area contributed by atoms with E-state index >= 15 is 0 Å². The Hall–Kier alpha value is -2.11. The summed E-state index contributed by atoms with van der Waals surface area (Å²) in [6.45, 7) is 0.567. The van der Waals surface area contributed by atoms with Crippen molar-refractivity contribution < 1.29 is 4.79 Å². The largest absolute Gasteiger partial charge is 0.369 e. The fourth-order valence-electron chi connectivity index (χ4n) is 1.28. The number of nitrogens with two attached hydrogens (primary N) is 1. The van der Waals surface area contributed by atoms with Crippen molar-refractivity contribution >= 4 is 12.0 Å². The summed E-state index contributed by atoms with van der Waals surface area (Å²) in [6, 6.07) is 3.50. The van der Waals surface area contributed by atoms with Crippen LogP contribution in [0.2, 0.25) is 0 Å². The highest BCUT2D eigenvalue weighted by atomic mass is 16.2. The Morgan fingerprint density at radius 1 is 1.56 bits per heavy atom. The molecule has 0 aliphatic carbocycles. The minimum atomic E-state index is -0.410. The maximum atomic E-state index is 11.4. The molecule has 0 atom stereocenters. The van der Waals surface area contributed by atoms with Gasteiger partial charge in [0.25, 0.3) is 0 Å². The molecule has 6 nitrogen and oxygen atoms in total. The third kappa shape index (κ3) is 5.29. The van der Waals surface area contributed by atoms with E-state index in [9.17, 15) is 4.79 Å². The monoisotopic (exact) mass is 249 g/mol. The first-order chi connectivity index (χ1) is 8.59. The SMILES string of the molecule is CN(C)C(N)=NC(=O)NCCCc1cccnc1. The van der Waals surface area contributed by atoms with Gasteiger partial charge < -0.3 is 16.0 Å². The lowest BCUT2D eigenvalue weighted by molar-refractivity contribution is 0.249. The minimum Gasteiger partial charge on any atom is -0.369 e. The van der Waals surface area contributed by atoms with Gasteiger partial charge in [-0.2, -0.15) is 4.99 Å². The van der Waals surface area contributed by atoms with E-state index in [1.165, 1.54) is 0 Å². The molecule has 0 unspecified atom stereocenters. The molecule has 6 heteroatoms. The van der Waals surface area contributed by atoms with Crippen molar-refractivity contribution in [1.29, 1.82) is 0 Å². The quantitative estimate of drug-likeness (QED) is 0.465. The number of aliphatic imine (C=N–C) groups is 1. The summed E-state index contributed by atoms with van der Waals surface area (Å²) in [5, 5.41) is 2.69. The van der Waals surface area contributed by atoms with E-state index in [1.54, 1.807) is 25.2 Å². The van der Waals surface area contributed by atoms with Gasteiger partial charge in [0.2, 0.25) is 0 Å². The fourth-order valence-corrected chi connectivity index (χ4v) is 1.28. The van der Waals surface area contributed by atoms with Gasteiger partial charge in [-0.1, -0.05) is 6.07 Å². The van der Waals surface area contributed by atoms with Gasteiger partial charge in [0.05, 0.1) is 0 Å². The van der Waals surface area contributed by atoms with Gasteiger partial charge in [-0.3, -0.25) is 4.98 Å². The van der Waals surface area contributed by atoms with Crippen LogP contribution in [0.5, 0.6) is 0 Å². The highest BCUT2D eigenvalue weighted by Crippen LogP contribution is 1.99. The van der Waals surface area contributed by atoms with E-state index in [2.05, 4.69) is 15.3 Å². The van der Waals surface area contributed by atoms with Crippen LogP contribution in [-0.4, -0.2) is 42.5 Å². The number of rotatable bonds is 4. The molecule has 0 saturated heterocycles. The van der Waals surface area contributed by atoms with E-state index in [4.69, 9.17) is 5.73 Å². The maximum absolute atomic E-state index is 11.4. The van der Waals surface area contributed by atoms with Crippen LogP contribution in [-0.2, 0) is 6.42 Å². The van der Waals surface area contributed by atoms with E-state index < -0.39 is 6.03 Å².